The van der Waals surface area contributed by atoms with Crippen molar-refractivity contribution in [3.63, 3.8) is 0 Å². The van der Waals surface area contributed by atoms with Gasteiger partial charge < -0.3 is 4.42 Å². The molecule has 4 nitrogen and oxygen atoms in total. The van der Waals surface area contributed by atoms with Crippen LogP contribution in [0.2, 0.25) is 0 Å². The van der Waals surface area contributed by atoms with Crippen molar-refractivity contribution in [2.24, 2.45) is 0 Å². The molecule has 0 N–H and O–H groups in total. The van der Waals surface area contributed by atoms with Gasteiger partial charge in [-0.3, -0.25) is 0 Å². The average Bonchev–Trinajstić information content (AvgIpc) is 3.77. The summed E-state index contributed by atoms with van der Waals surface area (Å²) in [4.78, 5) is 15.2. The number of hydrogen-bond acceptors (Lipinski definition) is 5. The Labute approximate surface area is 292 Å². The van der Waals surface area contributed by atoms with Crippen molar-refractivity contribution < 1.29 is 4.42 Å². The first-order valence-electron chi connectivity index (χ1n) is 16.6. The molecule has 0 saturated heterocycles. The molecule has 50 heavy (non-hydrogen) atoms. The third-order valence-corrected chi connectivity index (χ3v) is 10.5. The largest absolute Gasteiger partial charge is 0.455 e. The van der Waals surface area contributed by atoms with Crippen molar-refractivity contribution in [1.82, 2.24) is 15.0 Å². The Hall–Kier alpha value is -6.43. The highest BCUT2D eigenvalue weighted by atomic mass is 32.1. The summed E-state index contributed by atoms with van der Waals surface area (Å²) in [6.45, 7) is 0. The Morgan fingerprint density at radius 1 is 0.360 bits per heavy atom. The van der Waals surface area contributed by atoms with Gasteiger partial charge in [0.1, 0.15) is 11.2 Å². The zero-order valence-electron chi connectivity index (χ0n) is 26.7. The molecular formula is C45H27N3OS. The predicted molar refractivity (Wildman–Crippen MR) is 207 cm³/mol. The fourth-order valence-electron chi connectivity index (χ4n) is 7.08. The highest BCUT2D eigenvalue weighted by Gasteiger charge is 2.23. The molecule has 10 aromatic rings. The Balaban J connectivity index is 1.26. The molecule has 234 valence electrons. The molecule has 0 bridgehead atoms. The smallest absolute Gasteiger partial charge is 0.164 e. The van der Waals surface area contributed by atoms with Crippen molar-refractivity contribution in [3.05, 3.63) is 164 Å². The van der Waals surface area contributed by atoms with Crippen molar-refractivity contribution in [2.75, 3.05) is 0 Å². The maximum Gasteiger partial charge on any atom is 0.164 e. The standard InChI is InChI=1S/C45H27N3OS/c1-4-14-28(15-5-1)39-36(45-47-43(29-16-6-2-7-17-29)46-44(48-45)30-18-8-3-9-19-30)27-26-34-33-23-12-22-32(41(33)49-42(34)39)31-21-13-25-38-40(31)35-20-10-11-24-37(35)50-38/h1-27H. The van der Waals surface area contributed by atoms with Gasteiger partial charge in [-0.2, -0.15) is 0 Å². The number of nitrogens with zero attached hydrogens (tertiary/aromatic N) is 3. The molecule has 0 spiro atoms. The molecule has 0 unspecified atom stereocenters. The van der Waals surface area contributed by atoms with Gasteiger partial charge in [0.2, 0.25) is 0 Å². The van der Waals surface area contributed by atoms with Gasteiger partial charge in [0, 0.05) is 58.8 Å². The SMILES string of the molecule is c1ccc(-c2nc(-c3ccccc3)nc(-c3ccc4c(oc5c(-c6cccc7sc8ccccc8c67)cccc54)c3-c3ccccc3)n2)cc1. The van der Waals surface area contributed by atoms with E-state index < -0.39 is 0 Å². The minimum atomic E-state index is 0.591. The van der Waals surface area contributed by atoms with Crippen LogP contribution in [0.5, 0.6) is 0 Å². The lowest BCUT2D eigenvalue weighted by Gasteiger charge is -2.12. The summed E-state index contributed by atoms with van der Waals surface area (Å²) in [6.07, 6.45) is 0. The first kappa shape index (κ1) is 28.6. The number of rotatable bonds is 5. The number of furan rings is 1. The van der Waals surface area contributed by atoms with Crippen LogP contribution in [0.3, 0.4) is 0 Å². The zero-order valence-corrected chi connectivity index (χ0v) is 27.6. The van der Waals surface area contributed by atoms with Gasteiger partial charge in [0.25, 0.3) is 0 Å². The van der Waals surface area contributed by atoms with E-state index in [-0.39, 0.29) is 0 Å². The van der Waals surface area contributed by atoms with Crippen LogP contribution >= 0.6 is 11.3 Å². The van der Waals surface area contributed by atoms with Crippen molar-refractivity contribution >= 4 is 53.4 Å². The first-order chi connectivity index (χ1) is 24.8. The van der Waals surface area contributed by atoms with Crippen LogP contribution < -0.4 is 0 Å². The van der Waals surface area contributed by atoms with Gasteiger partial charge in [-0.1, -0.05) is 140 Å². The first-order valence-corrected chi connectivity index (χ1v) is 17.4. The topological polar surface area (TPSA) is 51.8 Å². The number of aromatic nitrogens is 3. The van der Waals surface area contributed by atoms with E-state index in [1.165, 1.54) is 25.7 Å². The maximum absolute atomic E-state index is 7.09. The lowest BCUT2D eigenvalue weighted by molar-refractivity contribution is 0.671. The van der Waals surface area contributed by atoms with Gasteiger partial charge >= 0.3 is 0 Å². The van der Waals surface area contributed by atoms with E-state index in [0.717, 1.165) is 55.3 Å². The second-order valence-electron chi connectivity index (χ2n) is 12.3. The summed E-state index contributed by atoms with van der Waals surface area (Å²) in [5.74, 6) is 1.83. The predicted octanol–water partition coefficient (Wildman–Crippen LogP) is 12.5. The van der Waals surface area contributed by atoms with Gasteiger partial charge in [-0.25, -0.2) is 15.0 Å². The molecule has 0 aliphatic rings. The van der Waals surface area contributed by atoms with Crippen LogP contribution in [0.25, 0.3) is 98.5 Å². The fraction of sp³-hybridized carbons (Fsp3) is 0. The second-order valence-corrected chi connectivity index (χ2v) is 13.4. The third kappa shape index (κ3) is 4.63. The highest BCUT2D eigenvalue weighted by molar-refractivity contribution is 7.25. The van der Waals surface area contributed by atoms with Crippen LogP contribution in [0, 0.1) is 0 Å². The zero-order chi connectivity index (χ0) is 33.0. The molecule has 10 rings (SSSR count). The monoisotopic (exact) mass is 657 g/mol. The van der Waals surface area contributed by atoms with Crippen LogP contribution in [0.4, 0.5) is 0 Å². The average molecular weight is 658 g/mol. The van der Waals surface area contributed by atoms with Crippen molar-refractivity contribution in [3.8, 4) is 56.4 Å². The molecule has 0 aliphatic carbocycles. The molecule has 0 atom stereocenters. The van der Waals surface area contributed by atoms with Crippen LogP contribution in [0.1, 0.15) is 0 Å². The number of para-hydroxylation sites is 1. The summed E-state index contributed by atoms with van der Waals surface area (Å²) < 4.78 is 9.63. The molecule has 0 saturated carbocycles. The quantitative estimate of drug-likeness (QED) is 0.185. The summed E-state index contributed by atoms with van der Waals surface area (Å²) in [5, 5.41) is 4.65. The molecule has 0 amide bonds. The third-order valence-electron chi connectivity index (χ3n) is 9.36. The molecule has 5 heteroatoms. The van der Waals surface area contributed by atoms with Gasteiger partial charge in [0.05, 0.1) is 0 Å². The van der Waals surface area contributed by atoms with Crippen LogP contribution in [-0.4, -0.2) is 15.0 Å². The Bertz CT molecular complexity index is 2800. The van der Waals surface area contributed by atoms with Crippen molar-refractivity contribution in [2.45, 2.75) is 0 Å². The fourth-order valence-corrected chi connectivity index (χ4v) is 8.21. The summed E-state index contributed by atoms with van der Waals surface area (Å²) >= 11 is 1.83. The van der Waals surface area contributed by atoms with E-state index in [2.05, 4.69) is 97.1 Å². The van der Waals surface area contributed by atoms with Crippen LogP contribution in [0.15, 0.2) is 168 Å². The lowest BCUT2D eigenvalue weighted by atomic mass is 9.95. The maximum atomic E-state index is 7.09. The number of hydrogen-bond donors (Lipinski definition) is 0. The van der Waals surface area contributed by atoms with E-state index in [1.54, 1.807) is 0 Å². The van der Waals surface area contributed by atoms with Gasteiger partial charge in [-0.05, 0) is 35.4 Å². The van der Waals surface area contributed by atoms with E-state index in [0.29, 0.717) is 17.5 Å². The molecule has 0 fully saturated rings. The van der Waals surface area contributed by atoms with E-state index >= 15 is 0 Å². The number of thiophene rings is 1. The summed E-state index contributed by atoms with van der Waals surface area (Å²) in [6, 6.07) is 56.6. The second kappa shape index (κ2) is 11.6. The number of fused-ring (bicyclic) bond motifs is 6. The van der Waals surface area contributed by atoms with Crippen LogP contribution in [-0.2, 0) is 0 Å². The Kier molecular flexibility index (Phi) is 6.64. The molecule has 0 radical (unpaired) electrons. The Morgan fingerprint density at radius 2 is 0.900 bits per heavy atom. The van der Waals surface area contributed by atoms with E-state index in [1.807, 2.05) is 78.1 Å². The molecule has 7 aromatic carbocycles. The van der Waals surface area contributed by atoms with Gasteiger partial charge in [-0.15, -0.1) is 11.3 Å². The van der Waals surface area contributed by atoms with Gasteiger partial charge in [0.15, 0.2) is 17.5 Å². The van der Waals surface area contributed by atoms with E-state index in [9.17, 15) is 0 Å². The normalized spacial score (nSPS) is 11.6. The Morgan fingerprint density at radius 3 is 1.62 bits per heavy atom. The number of benzene rings is 7. The lowest BCUT2D eigenvalue weighted by Crippen LogP contribution is -2.01. The molecule has 0 aliphatic heterocycles. The minimum absolute atomic E-state index is 0.591. The highest BCUT2D eigenvalue weighted by Crippen LogP contribution is 2.46. The summed E-state index contributed by atoms with van der Waals surface area (Å²) in [7, 11) is 0. The van der Waals surface area contributed by atoms with Crippen molar-refractivity contribution in [1.29, 1.82) is 0 Å². The summed E-state index contributed by atoms with van der Waals surface area (Å²) in [5.41, 5.74) is 8.64. The van der Waals surface area contributed by atoms with E-state index in [4.69, 9.17) is 19.4 Å². The molecule has 3 aromatic heterocycles. The molecule has 3 heterocycles. The molecular weight excluding hydrogens is 631 g/mol. The minimum Gasteiger partial charge on any atom is -0.455 e.